The Labute approximate surface area is 203 Å². The quantitative estimate of drug-likeness (QED) is 0.423. The topological polar surface area (TPSA) is 96.4 Å². The number of likely N-dealkylation sites (tertiary alicyclic amines) is 1. The van der Waals surface area contributed by atoms with Crippen molar-refractivity contribution in [3.8, 4) is 0 Å². The zero-order valence-electron chi connectivity index (χ0n) is 19.1. The number of ether oxygens (including phenoxy) is 2. The summed E-state index contributed by atoms with van der Waals surface area (Å²) < 4.78 is 11.6. The van der Waals surface area contributed by atoms with Crippen LogP contribution in [0.2, 0.25) is 5.02 Å². The van der Waals surface area contributed by atoms with Gasteiger partial charge in [-0.15, -0.1) is 6.58 Å². The molecule has 1 spiro atoms. The Morgan fingerprint density at radius 3 is 2.68 bits per heavy atom. The first kappa shape index (κ1) is 24.4. The first-order valence-electron chi connectivity index (χ1n) is 11.4. The van der Waals surface area contributed by atoms with Gasteiger partial charge in [-0.05, 0) is 44.0 Å². The Kier molecular flexibility index (Phi) is 6.85. The van der Waals surface area contributed by atoms with Crippen molar-refractivity contribution < 1.29 is 29.0 Å². The van der Waals surface area contributed by atoms with Crippen molar-refractivity contribution in [1.29, 1.82) is 0 Å². The molecule has 1 aromatic rings. The summed E-state index contributed by atoms with van der Waals surface area (Å²) in [5.41, 5.74) is -0.584. The van der Waals surface area contributed by atoms with E-state index in [1.54, 1.807) is 37.3 Å². The van der Waals surface area contributed by atoms with Gasteiger partial charge < -0.3 is 24.4 Å². The van der Waals surface area contributed by atoms with E-state index >= 15 is 0 Å². The van der Waals surface area contributed by atoms with Gasteiger partial charge in [-0.25, -0.2) is 0 Å². The van der Waals surface area contributed by atoms with E-state index in [1.807, 2.05) is 0 Å². The molecule has 0 radical (unpaired) electrons. The third-order valence-corrected chi connectivity index (χ3v) is 7.29. The molecule has 1 aromatic carbocycles. The lowest BCUT2D eigenvalue weighted by Gasteiger charge is -2.38. The number of aliphatic hydroxyl groups is 1. The van der Waals surface area contributed by atoms with Crippen LogP contribution in [-0.4, -0.2) is 71.3 Å². The molecule has 0 saturated carbocycles. The Morgan fingerprint density at radius 2 is 2.06 bits per heavy atom. The first-order chi connectivity index (χ1) is 16.3. The highest BCUT2D eigenvalue weighted by Gasteiger charge is 2.75. The molecule has 3 saturated heterocycles. The van der Waals surface area contributed by atoms with E-state index in [0.717, 1.165) is 0 Å². The van der Waals surface area contributed by atoms with Gasteiger partial charge >= 0.3 is 5.97 Å². The monoisotopic (exact) mass is 488 g/mol. The van der Waals surface area contributed by atoms with Gasteiger partial charge in [0.1, 0.15) is 18.2 Å². The number of nitrogens with zero attached hydrogens (tertiary/aromatic N) is 2. The molecule has 2 unspecified atom stereocenters. The number of carbonyl (C=O) groups excluding carboxylic acids is 3. The van der Waals surface area contributed by atoms with Crippen LogP contribution >= 0.6 is 11.6 Å². The van der Waals surface area contributed by atoms with Gasteiger partial charge in [-0.3, -0.25) is 14.4 Å². The highest BCUT2D eigenvalue weighted by Crippen LogP contribution is 2.59. The summed E-state index contributed by atoms with van der Waals surface area (Å²) in [6.45, 7) is 8.89. The van der Waals surface area contributed by atoms with Crippen LogP contribution in [-0.2, 0) is 23.9 Å². The highest BCUT2D eigenvalue weighted by atomic mass is 35.5. The molecule has 34 heavy (non-hydrogen) atoms. The third kappa shape index (κ3) is 3.74. The van der Waals surface area contributed by atoms with Gasteiger partial charge in [0.15, 0.2) is 0 Å². The SMILES string of the molecule is C=CCOC(=O)[C@@H]1[C@@H]2CCC3(O2)C(C(=O)N(CC=C)c2ccc(Cl)cc2)N([C@H](C)CO)C(=O)[C@H]13. The van der Waals surface area contributed by atoms with Crippen molar-refractivity contribution in [2.45, 2.75) is 43.6 Å². The summed E-state index contributed by atoms with van der Waals surface area (Å²) in [4.78, 5) is 43.7. The maximum absolute atomic E-state index is 14.1. The normalized spacial score (nSPS) is 30.1. The summed E-state index contributed by atoms with van der Waals surface area (Å²) in [6, 6.07) is 5.14. The molecule has 2 bridgehead atoms. The first-order valence-corrected chi connectivity index (χ1v) is 11.7. The number of hydrogen-bond donors (Lipinski definition) is 1. The molecule has 182 valence electrons. The van der Waals surface area contributed by atoms with Crippen LogP contribution in [0, 0.1) is 11.8 Å². The molecular formula is C25H29ClN2O6. The predicted octanol–water partition coefficient (Wildman–Crippen LogP) is 2.34. The molecule has 4 rings (SSSR count). The fourth-order valence-corrected chi connectivity index (χ4v) is 5.78. The lowest BCUT2D eigenvalue weighted by atomic mass is 9.70. The third-order valence-electron chi connectivity index (χ3n) is 7.04. The van der Waals surface area contributed by atoms with Crippen molar-refractivity contribution >= 4 is 35.1 Å². The van der Waals surface area contributed by atoms with Crippen molar-refractivity contribution in [2.24, 2.45) is 11.8 Å². The molecule has 3 heterocycles. The van der Waals surface area contributed by atoms with E-state index in [4.69, 9.17) is 21.1 Å². The number of esters is 1. The zero-order chi connectivity index (χ0) is 24.6. The molecule has 3 fully saturated rings. The maximum atomic E-state index is 14.1. The van der Waals surface area contributed by atoms with E-state index in [-0.39, 0.29) is 31.6 Å². The highest BCUT2D eigenvalue weighted by molar-refractivity contribution is 6.30. The van der Waals surface area contributed by atoms with E-state index in [9.17, 15) is 19.5 Å². The number of anilines is 1. The van der Waals surface area contributed by atoms with Gasteiger partial charge in [0, 0.05) is 17.3 Å². The van der Waals surface area contributed by atoms with Crippen LogP contribution in [0.5, 0.6) is 0 Å². The fraction of sp³-hybridized carbons (Fsp3) is 0.480. The van der Waals surface area contributed by atoms with Gasteiger partial charge in [0.2, 0.25) is 5.91 Å². The van der Waals surface area contributed by atoms with Crippen molar-refractivity contribution in [3.63, 3.8) is 0 Å². The fourth-order valence-electron chi connectivity index (χ4n) is 5.66. The van der Waals surface area contributed by atoms with E-state index in [0.29, 0.717) is 23.6 Å². The van der Waals surface area contributed by atoms with E-state index in [2.05, 4.69) is 13.2 Å². The van der Waals surface area contributed by atoms with Crippen LogP contribution in [0.3, 0.4) is 0 Å². The van der Waals surface area contributed by atoms with Crippen LogP contribution in [0.15, 0.2) is 49.6 Å². The number of halogens is 1. The largest absolute Gasteiger partial charge is 0.461 e. The van der Waals surface area contributed by atoms with Crippen LogP contribution < -0.4 is 4.90 Å². The van der Waals surface area contributed by atoms with Crippen LogP contribution in [0.25, 0.3) is 0 Å². The van der Waals surface area contributed by atoms with Crippen LogP contribution in [0.4, 0.5) is 5.69 Å². The molecule has 8 nitrogen and oxygen atoms in total. The Balaban J connectivity index is 1.77. The minimum Gasteiger partial charge on any atom is -0.461 e. The molecule has 9 heteroatoms. The summed E-state index contributed by atoms with van der Waals surface area (Å²) in [6.07, 6.45) is 3.54. The number of aliphatic hydroxyl groups excluding tert-OH is 1. The molecule has 2 amide bonds. The molecule has 3 aliphatic rings. The van der Waals surface area contributed by atoms with Crippen molar-refractivity contribution in [2.75, 3.05) is 24.7 Å². The number of rotatable bonds is 9. The second-order valence-corrected chi connectivity index (χ2v) is 9.40. The van der Waals surface area contributed by atoms with Crippen LogP contribution in [0.1, 0.15) is 19.8 Å². The molecular weight excluding hydrogens is 460 g/mol. The number of carbonyl (C=O) groups is 3. The van der Waals surface area contributed by atoms with Gasteiger partial charge in [0.05, 0.1) is 30.6 Å². The number of hydrogen-bond acceptors (Lipinski definition) is 6. The van der Waals surface area contributed by atoms with Gasteiger partial charge in [-0.2, -0.15) is 0 Å². The van der Waals surface area contributed by atoms with Crippen molar-refractivity contribution in [1.82, 2.24) is 4.90 Å². The molecule has 0 aliphatic carbocycles. The molecule has 6 atom stereocenters. The van der Waals surface area contributed by atoms with Gasteiger partial charge in [0.25, 0.3) is 5.91 Å². The Morgan fingerprint density at radius 1 is 1.35 bits per heavy atom. The number of benzene rings is 1. The smallest absolute Gasteiger partial charge is 0.312 e. The second-order valence-electron chi connectivity index (χ2n) is 8.97. The second kappa shape index (κ2) is 9.52. The number of fused-ring (bicyclic) bond motifs is 1. The minimum absolute atomic E-state index is 0.0265. The van der Waals surface area contributed by atoms with E-state index < -0.39 is 41.6 Å². The molecule has 1 N–H and O–H groups in total. The van der Waals surface area contributed by atoms with Crippen molar-refractivity contribution in [3.05, 3.63) is 54.6 Å². The predicted molar refractivity (Wildman–Crippen MR) is 126 cm³/mol. The Bertz CT molecular complexity index is 998. The lowest BCUT2D eigenvalue weighted by Crippen LogP contribution is -2.58. The van der Waals surface area contributed by atoms with E-state index in [1.165, 1.54) is 15.9 Å². The summed E-state index contributed by atoms with van der Waals surface area (Å²) in [7, 11) is 0. The summed E-state index contributed by atoms with van der Waals surface area (Å²) in [5, 5.41) is 10.5. The zero-order valence-corrected chi connectivity index (χ0v) is 19.8. The average molecular weight is 489 g/mol. The molecule has 3 aliphatic heterocycles. The molecule has 0 aromatic heterocycles. The standard InChI is InChI=1S/C25H29ClN2O6/c1-4-12-27(17-8-6-16(26)7-9-17)23(31)21-25-11-10-18(34-25)19(24(32)33-13-5-2)20(25)22(30)28(21)15(3)14-29/h4-9,15,18-21,29H,1-2,10-14H2,3H3/t15-,18+,19-,20+,21?,25?/m1/s1. The summed E-state index contributed by atoms with van der Waals surface area (Å²) in [5.74, 6) is -2.94. The summed E-state index contributed by atoms with van der Waals surface area (Å²) >= 11 is 6.03. The van der Waals surface area contributed by atoms with Gasteiger partial charge in [-0.1, -0.05) is 30.3 Å². The maximum Gasteiger partial charge on any atom is 0.312 e. The Hall–Kier alpha value is -2.68. The average Bonchev–Trinajstić information content (AvgIpc) is 3.48. The minimum atomic E-state index is -1.17. The number of amides is 2. The lowest BCUT2D eigenvalue weighted by molar-refractivity contribution is -0.154.